The fraction of sp³-hybridized carbons (Fsp3) is 0.227. The first-order chi connectivity index (χ1) is 13.0. The van der Waals surface area contributed by atoms with Crippen LogP contribution < -0.4 is 10.1 Å². The molecule has 136 valence electrons. The van der Waals surface area contributed by atoms with Gasteiger partial charge >= 0.3 is 0 Å². The van der Waals surface area contributed by atoms with E-state index < -0.39 is 5.72 Å². The summed E-state index contributed by atoms with van der Waals surface area (Å²) in [6, 6.07) is 16.5. The molecule has 0 saturated carbocycles. The maximum absolute atomic E-state index is 6.25. The van der Waals surface area contributed by atoms with E-state index >= 15 is 0 Å². The topological polar surface area (TPSA) is 47.3 Å². The number of hydrogen-bond acceptors (Lipinski definition) is 5. The van der Waals surface area contributed by atoms with Gasteiger partial charge < -0.3 is 14.5 Å². The molecule has 1 aliphatic heterocycles. The van der Waals surface area contributed by atoms with Crippen LogP contribution in [0.3, 0.4) is 0 Å². The van der Waals surface area contributed by atoms with E-state index in [1.165, 1.54) is 11.1 Å². The minimum Gasteiger partial charge on any atom is -0.461 e. The van der Waals surface area contributed by atoms with Gasteiger partial charge in [0.2, 0.25) is 11.6 Å². The summed E-state index contributed by atoms with van der Waals surface area (Å²) in [4.78, 5) is 6.74. The molecule has 2 aromatic heterocycles. The number of thiophene rings is 1. The van der Waals surface area contributed by atoms with Gasteiger partial charge in [0.05, 0.1) is 15.4 Å². The number of rotatable bonds is 3. The fourth-order valence-electron chi connectivity index (χ4n) is 3.45. The summed E-state index contributed by atoms with van der Waals surface area (Å²) in [7, 11) is 0. The molecule has 4 aromatic rings. The molecule has 0 spiro atoms. The molecule has 0 fully saturated rings. The first-order valence-corrected chi connectivity index (χ1v) is 9.94. The second kappa shape index (κ2) is 5.86. The van der Waals surface area contributed by atoms with E-state index in [1.54, 1.807) is 11.3 Å². The number of anilines is 1. The van der Waals surface area contributed by atoms with E-state index in [0.717, 1.165) is 38.7 Å². The molecule has 0 saturated heterocycles. The smallest absolute Gasteiger partial charge is 0.237 e. The van der Waals surface area contributed by atoms with Crippen LogP contribution >= 0.6 is 11.3 Å². The van der Waals surface area contributed by atoms with Gasteiger partial charge in [-0.1, -0.05) is 19.1 Å². The van der Waals surface area contributed by atoms with Crippen molar-refractivity contribution in [1.82, 2.24) is 4.98 Å². The molecule has 27 heavy (non-hydrogen) atoms. The van der Waals surface area contributed by atoms with Gasteiger partial charge in [0, 0.05) is 6.92 Å². The first kappa shape index (κ1) is 16.4. The number of oxazole rings is 1. The molecule has 0 amide bonds. The van der Waals surface area contributed by atoms with Crippen molar-refractivity contribution in [2.75, 3.05) is 5.32 Å². The van der Waals surface area contributed by atoms with Crippen LogP contribution in [0.25, 0.3) is 21.9 Å². The van der Waals surface area contributed by atoms with Crippen LogP contribution in [0.5, 0.6) is 5.75 Å². The van der Waals surface area contributed by atoms with Gasteiger partial charge in [0.15, 0.2) is 5.58 Å². The highest BCUT2D eigenvalue weighted by Crippen LogP contribution is 2.45. The predicted molar refractivity (Wildman–Crippen MR) is 109 cm³/mol. The number of hydrogen-bond donors (Lipinski definition) is 1. The SMILES string of the molecule is CCc1ccc2c(c1)NC(C)(c1ccc(-c3nc4cc(C)ccc4o3)s1)O2. The van der Waals surface area contributed by atoms with Crippen LogP contribution in [-0.4, -0.2) is 4.98 Å². The van der Waals surface area contributed by atoms with Crippen molar-refractivity contribution in [1.29, 1.82) is 0 Å². The van der Waals surface area contributed by atoms with Crippen molar-refractivity contribution in [3.05, 3.63) is 64.5 Å². The molecular weight excluding hydrogens is 356 g/mol. The molecular formula is C22H20N2O2S. The zero-order valence-electron chi connectivity index (χ0n) is 15.5. The van der Waals surface area contributed by atoms with Crippen molar-refractivity contribution in [2.24, 2.45) is 0 Å². The average molecular weight is 376 g/mol. The summed E-state index contributed by atoms with van der Waals surface area (Å²) in [5.74, 6) is 1.54. The minimum absolute atomic E-state index is 0.583. The molecule has 0 bridgehead atoms. The number of nitrogens with zero attached hydrogens (tertiary/aromatic N) is 1. The highest BCUT2D eigenvalue weighted by atomic mass is 32.1. The number of aromatic nitrogens is 1. The third-order valence-corrected chi connectivity index (χ3v) is 6.25. The van der Waals surface area contributed by atoms with E-state index in [4.69, 9.17) is 9.15 Å². The second-order valence-electron chi connectivity index (χ2n) is 7.10. The molecule has 4 nitrogen and oxygen atoms in total. The molecule has 1 unspecified atom stereocenters. The third-order valence-electron chi connectivity index (χ3n) is 4.97. The third kappa shape index (κ3) is 2.70. The normalized spacial score (nSPS) is 18.3. The predicted octanol–water partition coefficient (Wildman–Crippen LogP) is 6.10. The maximum Gasteiger partial charge on any atom is 0.237 e. The van der Waals surface area contributed by atoms with Crippen LogP contribution in [0.2, 0.25) is 0 Å². The lowest BCUT2D eigenvalue weighted by molar-refractivity contribution is 0.144. The monoisotopic (exact) mass is 376 g/mol. The van der Waals surface area contributed by atoms with Crippen molar-refractivity contribution in [3.63, 3.8) is 0 Å². The largest absolute Gasteiger partial charge is 0.461 e. The molecule has 1 aliphatic rings. The van der Waals surface area contributed by atoms with E-state index in [-0.39, 0.29) is 0 Å². The van der Waals surface area contributed by atoms with Gasteiger partial charge in [-0.3, -0.25) is 0 Å². The summed E-state index contributed by atoms with van der Waals surface area (Å²) >= 11 is 1.64. The summed E-state index contributed by atoms with van der Waals surface area (Å²) in [6.07, 6.45) is 1.01. The van der Waals surface area contributed by atoms with Gasteiger partial charge in [-0.2, -0.15) is 0 Å². The lowest BCUT2D eigenvalue weighted by Crippen LogP contribution is -2.32. The number of benzene rings is 2. The molecule has 2 aromatic carbocycles. The Bertz CT molecular complexity index is 1160. The van der Waals surface area contributed by atoms with E-state index in [9.17, 15) is 0 Å². The molecule has 3 heterocycles. The van der Waals surface area contributed by atoms with Gasteiger partial charge in [-0.15, -0.1) is 11.3 Å². The van der Waals surface area contributed by atoms with Crippen LogP contribution in [0, 0.1) is 6.92 Å². The number of nitrogens with one attached hydrogen (secondary N) is 1. The molecule has 5 heteroatoms. The van der Waals surface area contributed by atoms with Gasteiger partial charge in [0.25, 0.3) is 0 Å². The minimum atomic E-state index is -0.583. The lowest BCUT2D eigenvalue weighted by atomic mass is 10.1. The summed E-state index contributed by atoms with van der Waals surface area (Å²) in [6.45, 7) is 6.27. The van der Waals surface area contributed by atoms with E-state index in [2.05, 4.69) is 49.3 Å². The summed E-state index contributed by atoms with van der Waals surface area (Å²) in [5, 5.41) is 3.54. The van der Waals surface area contributed by atoms with Gasteiger partial charge in [-0.05, 0) is 60.9 Å². The molecule has 1 N–H and O–H groups in total. The standard InChI is InChI=1S/C22H20N2O2S/c1-4-14-6-8-18-16(12-14)24-22(3,26-18)20-10-9-19(27-20)21-23-15-11-13(2)5-7-17(15)25-21/h5-12,24H,4H2,1-3H3. The fourth-order valence-corrected chi connectivity index (χ4v) is 4.42. The van der Waals surface area contributed by atoms with E-state index in [0.29, 0.717) is 5.89 Å². The average Bonchev–Trinajstić information content (AvgIpc) is 3.36. The molecule has 0 radical (unpaired) electrons. The van der Waals surface area contributed by atoms with Gasteiger partial charge in [0.1, 0.15) is 11.3 Å². The Morgan fingerprint density at radius 1 is 1.11 bits per heavy atom. The molecule has 0 aliphatic carbocycles. The number of ether oxygens (including phenoxy) is 1. The Labute approximate surface area is 161 Å². The van der Waals surface area contributed by atoms with Crippen molar-refractivity contribution in [2.45, 2.75) is 32.9 Å². The summed E-state index contributed by atoms with van der Waals surface area (Å²) < 4.78 is 12.2. The zero-order chi connectivity index (χ0) is 18.6. The Balaban J connectivity index is 1.48. The number of fused-ring (bicyclic) bond motifs is 2. The highest BCUT2D eigenvalue weighted by molar-refractivity contribution is 7.15. The van der Waals surface area contributed by atoms with Crippen LogP contribution in [0.15, 0.2) is 52.9 Å². The highest BCUT2D eigenvalue weighted by Gasteiger charge is 2.37. The lowest BCUT2D eigenvalue weighted by Gasteiger charge is -2.23. The Morgan fingerprint density at radius 2 is 2.00 bits per heavy atom. The quantitative estimate of drug-likeness (QED) is 0.469. The van der Waals surface area contributed by atoms with Crippen molar-refractivity contribution < 1.29 is 9.15 Å². The summed E-state index contributed by atoms with van der Waals surface area (Å²) in [5.41, 5.74) is 4.63. The molecule has 5 rings (SSSR count). The first-order valence-electron chi connectivity index (χ1n) is 9.12. The number of aryl methyl sites for hydroxylation is 2. The molecule has 1 atom stereocenters. The van der Waals surface area contributed by atoms with Crippen molar-refractivity contribution in [3.8, 4) is 16.5 Å². The van der Waals surface area contributed by atoms with E-state index in [1.807, 2.05) is 30.3 Å². The van der Waals surface area contributed by atoms with Crippen LogP contribution in [0.1, 0.15) is 29.9 Å². The second-order valence-corrected chi connectivity index (χ2v) is 8.18. The Kier molecular flexibility index (Phi) is 3.56. The van der Waals surface area contributed by atoms with Crippen LogP contribution in [-0.2, 0) is 12.1 Å². The maximum atomic E-state index is 6.25. The van der Waals surface area contributed by atoms with Crippen molar-refractivity contribution >= 4 is 28.1 Å². The Hall–Kier alpha value is -2.79. The van der Waals surface area contributed by atoms with Gasteiger partial charge in [-0.25, -0.2) is 4.98 Å². The van der Waals surface area contributed by atoms with Crippen LogP contribution in [0.4, 0.5) is 5.69 Å². The Morgan fingerprint density at radius 3 is 2.85 bits per heavy atom. The zero-order valence-corrected chi connectivity index (χ0v) is 16.3.